The van der Waals surface area contributed by atoms with Gasteiger partial charge in [-0.15, -0.1) is 23.7 Å². The summed E-state index contributed by atoms with van der Waals surface area (Å²) in [5.41, 5.74) is 2.46. The molecule has 1 heterocycles. The Morgan fingerprint density at radius 3 is 2.85 bits per heavy atom. The number of nitrogens with one attached hydrogen (secondary N) is 1. The van der Waals surface area contributed by atoms with Gasteiger partial charge in [-0.1, -0.05) is 0 Å². The minimum absolute atomic E-state index is 0. The minimum atomic E-state index is -0.302. The Kier molecular flexibility index (Phi) is 5.45. The van der Waals surface area contributed by atoms with Crippen molar-refractivity contribution in [1.29, 1.82) is 0 Å². The van der Waals surface area contributed by atoms with E-state index in [4.69, 9.17) is 10.6 Å². The molecular weight excluding hydrogens is 212 g/mol. The van der Waals surface area contributed by atoms with E-state index < -0.39 is 0 Å². The highest BCUT2D eigenvalue weighted by Gasteiger charge is 2.08. The molecule has 3 N–H and O–H groups in total. The average Bonchev–Trinajstić information content (AvgIpc) is 2.52. The van der Waals surface area contributed by atoms with Gasteiger partial charge in [0, 0.05) is 0 Å². The van der Waals surface area contributed by atoms with Gasteiger partial charge in [0.05, 0.1) is 6.61 Å². The molecule has 0 bridgehead atoms. The molecule has 0 fully saturated rings. The van der Waals surface area contributed by atoms with Crippen LogP contribution in [0.25, 0.3) is 0 Å². The summed E-state index contributed by atoms with van der Waals surface area (Å²) >= 11 is 1.27. The monoisotopic (exact) mass is 222 g/mol. The molecule has 0 saturated carbocycles. The van der Waals surface area contributed by atoms with Crippen molar-refractivity contribution in [2.75, 3.05) is 12.0 Å². The van der Waals surface area contributed by atoms with Crippen LogP contribution in [0.2, 0.25) is 0 Å². The number of nitrogen functional groups attached to an aromatic ring is 1. The van der Waals surface area contributed by atoms with Gasteiger partial charge in [-0.25, -0.2) is 10.6 Å². The zero-order valence-electron chi connectivity index (χ0n) is 7.07. The van der Waals surface area contributed by atoms with E-state index in [9.17, 15) is 4.79 Å². The number of nitrogens with two attached hydrogens (primary N) is 1. The van der Waals surface area contributed by atoms with Crippen LogP contribution in [0.15, 0.2) is 12.1 Å². The van der Waals surface area contributed by atoms with Gasteiger partial charge in [-0.3, -0.25) is 0 Å². The van der Waals surface area contributed by atoms with Crippen LogP contribution < -0.4 is 11.3 Å². The van der Waals surface area contributed by atoms with Crippen molar-refractivity contribution < 1.29 is 9.53 Å². The maximum Gasteiger partial charge on any atom is 0.348 e. The van der Waals surface area contributed by atoms with Gasteiger partial charge in [0.25, 0.3) is 0 Å². The fourth-order valence-corrected chi connectivity index (χ4v) is 1.44. The number of ether oxygens (including phenoxy) is 1. The number of anilines is 1. The molecule has 0 unspecified atom stereocenters. The van der Waals surface area contributed by atoms with E-state index >= 15 is 0 Å². The molecule has 6 heteroatoms. The van der Waals surface area contributed by atoms with E-state index in [-0.39, 0.29) is 18.4 Å². The fourth-order valence-electron chi connectivity index (χ4n) is 0.727. The summed E-state index contributed by atoms with van der Waals surface area (Å²) in [6.07, 6.45) is 0. The van der Waals surface area contributed by atoms with Gasteiger partial charge in [0.2, 0.25) is 0 Å². The highest BCUT2D eigenvalue weighted by Crippen LogP contribution is 2.21. The SMILES string of the molecule is CCOC(=O)c1ccc(NN)s1.Cl. The Balaban J connectivity index is 0.00000144. The molecule has 0 atom stereocenters. The van der Waals surface area contributed by atoms with Crippen LogP contribution in [0.4, 0.5) is 5.00 Å². The van der Waals surface area contributed by atoms with Gasteiger partial charge < -0.3 is 10.2 Å². The van der Waals surface area contributed by atoms with Crippen LogP contribution in [0, 0.1) is 0 Å². The van der Waals surface area contributed by atoms with Crippen LogP contribution >= 0.6 is 23.7 Å². The summed E-state index contributed by atoms with van der Waals surface area (Å²) in [4.78, 5) is 11.7. The molecule has 0 aliphatic carbocycles. The Bertz CT molecular complexity index is 277. The molecule has 1 rings (SSSR count). The first-order valence-corrected chi connectivity index (χ1v) is 4.33. The molecule has 0 radical (unpaired) electrons. The van der Waals surface area contributed by atoms with Crippen molar-refractivity contribution in [3.63, 3.8) is 0 Å². The molecule has 0 aromatic carbocycles. The van der Waals surface area contributed by atoms with E-state index in [0.29, 0.717) is 11.5 Å². The van der Waals surface area contributed by atoms with Crippen LogP contribution in [0.3, 0.4) is 0 Å². The van der Waals surface area contributed by atoms with Crippen LogP contribution in [-0.2, 0) is 4.74 Å². The quantitative estimate of drug-likeness (QED) is 0.464. The predicted molar refractivity (Wildman–Crippen MR) is 55.3 cm³/mol. The van der Waals surface area contributed by atoms with Crippen molar-refractivity contribution in [3.8, 4) is 0 Å². The van der Waals surface area contributed by atoms with Gasteiger partial charge in [0.15, 0.2) is 0 Å². The van der Waals surface area contributed by atoms with Crippen molar-refractivity contribution in [2.24, 2.45) is 5.84 Å². The second kappa shape index (κ2) is 5.80. The number of thiophene rings is 1. The van der Waals surface area contributed by atoms with Gasteiger partial charge >= 0.3 is 5.97 Å². The number of hydrogen-bond acceptors (Lipinski definition) is 5. The van der Waals surface area contributed by atoms with Gasteiger partial charge in [-0.2, -0.15) is 0 Å². The lowest BCUT2D eigenvalue weighted by molar-refractivity contribution is 0.0532. The molecule has 74 valence electrons. The van der Waals surface area contributed by atoms with Crippen molar-refractivity contribution >= 4 is 34.7 Å². The number of hydrogen-bond donors (Lipinski definition) is 2. The zero-order valence-corrected chi connectivity index (χ0v) is 8.71. The number of carbonyl (C=O) groups excluding carboxylic acids is 1. The zero-order chi connectivity index (χ0) is 8.97. The Labute approximate surface area is 86.5 Å². The van der Waals surface area contributed by atoms with Crippen LogP contribution in [0.1, 0.15) is 16.6 Å². The summed E-state index contributed by atoms with van der Waals surface area (Å²) in [7, 11) is 0. The molecule has 0 amide bonds. The second-order valence-corrected chi connectivity index (χ2v) is 3.11. The molecule has 4 nitrogen and oxygen atoms in total. The number of carbonyl (C=O) groups is 1. The standard InChI is InChI=1S/C7H10N2O2S.ClH/c1-2-11-7(10)5-3-4-6(9-8)12-5;/h3-4,9H,2,8H2,1H3;1H. The van der Waals surface area contributed by atoms with Crippen molar-refractivity contribution in [2.45, 2.75) is 6.92 Å². The number of rotatable bonds is 3. The molecule has 0 aliphatic heterocycles. The molecule has 1 aromatic heterocycles. The molecular formula is C7H11ClN2O2S. The molecule has 0 aliphatic rings. The van der Waals surface area contributed by atoms with Crippen molar-refractivity contribution in [1.82, 2.24) is 0 Å². The minimum Gasteiger partial charge on any atom is -0.462 e. The molecule has 0 saturated heterocycles. The van der Waals surface area contributed by atoms with E-state index in [1.165, 1.54) is 11.3 Å². The third-order valence-corrected chi connectivity index (χ3v) is 2.22. The highest BCUT2D eigenvalue weighted by atomic mass is 35.5. The van der Waals surface area contributed by atoms with Crippen LogP contribution in [0.5, 0.6) is 0 Å². The molecule has 0 spiro atoms. The van der Waals surface area contributed by atoms with E-state index in [0.717, 1.165) is 5.00 Å². The second-order valence-electron chi connectivity index (χ2n) is 2.03. The van der Waals surface area contributed by atoms with E-state index in [1.807, 2.05) is 0 Å². The van der Waals surface area contributed by atoms with Gasteiger partial charge in [-0.05, 0) is 19.1 Å². The van der Waals surface area contributed by atoms with E-state index in [2.05, 4.69) is 5.43 Å². The summed E-state index contributed by atoms with van der Waals surface area (Å²) in [6, 6.07) is 3.41. The van der Waals surface area contributed by atoms with E-state index in [1.54, 1.807) is 19.1 Å². The largest absolute Gasteiger partial charge is 0.462 e. The third kappa shape index (κ3) is 3.22. The Hall–Kier alpha value is -0.780. The fraction of sp³-hybridized carbons (Fsp3) is 0.286. The highest BCUT2D eigenvalue weighted by molar-refractivity contribution is 7.17. The lowest BCUT2D eigenvalue weighted by Gasteiger charge is -1.96. The van der Waals surface area contributed by atoms with Crippen LogP contribution in [-0.4, -0.2) is 12.6 Å². The molecule has 13 heavy (non-hydrogen) atoms. The normalized spacial score (nSPS) is 8.77. The van der Waals surface area contributed by atoms with Gasteiger partial charge in [0.1, 0.15) is 9.88 Å². The predicted octanol–water partition coefficient (Wildman–Crippen LogP) is 1.63. The Morgan fingerprint density at radius 2 is 2.38 bits per heavy atom. The third-order valence-electron chi connectivity index (χ3n) is 1.22. The first kappa shape index (κ1) is 12.2. The smallest absolute Gasteiger partial charge is 0.348 e. The average molecular weight is 223 g/mol. The molecule has 1 aromatic rings. The summed E-state index contributed by atoms with van der Waals surface area (Å²) in [5.74, 6) is 4.84. The summed E-state index contributed by atoms with van der Waals surface area (Å²) < 4.78 is 4.79. The van der Waals surface area contributed by atoms with Crippen molar-refractivity contribution in [3.05, 3.63) is 17.0 Å². The number of esters is 1. The lowest BCUT2D eigenvalue weighted by Crippen LogP contribution is -2.04. The topological polar surface area (TPSA) is 64.3 Å². The maximum atomic E-state index is 11.1. The summed E-state index contributed by atoms with van der Waals surface area (Å²) in [5, 5.41) is 0.748. The summed E-state index contributed by atoms with van der Waals surface area (Å²) in [6.45, 7) is 2.16. The first-order valence-electron chi connectivity index (χ1n) is 3.51. The lowest BCUT2D eigenvalue weighted by atomic mass is 10.5. The number of halogens is 1. The Morgan fingerprint density at radius 1 is 1.69 bits per heavy atom. The first-order chi connectivity index (χ1) is 5.77. The maximum absolute atomic E-state index is 11.1. The number of hydrazine groups is 1.